The molecule has 0 aromatic carbocycles. The quantitative estimate of drug-likeness (QED) is 0.728. The molecule has 2 rings (SSSR count). The molecule has 84 valence electrons. The lowest BCUT2D eigenvalue weighted by Crippen LogP contribution is -2.21. The Morgan fingerprint density at radius 2 is 2.00 bits per heavy atom. The summed E-state index contributed by atoms with van der Waals surface area (Å²) in [4.78, 5) is 17.8. The highest BCUT2D eigenvalue weighted by molar-refractivity contribution is 5.93. The maximum Gasteiger partial charge on any atom is 0.254 e. The highest BCUT2D eigenvalue weighted by atomic mass is 16.2. The van der Waals surface area contributed by atoms with Crippen LogP contribution in [0.2, 0.25) is 0 Å². The van der Waals surface area contributed by atoms with Gasteiger partial charge in [-0.25, -0.2) is 4.98 Å². The Labute approximate surface area is 94.5 Å². The molecule has 0 aliphatic carbocycles. The number of carbonyl (C=O) groups is 1. The molecule has 2 aromatic heterocycles. The summed E-state index contributed by atoms with van der Waals surface area (Å²) in [6.07, 6.45) is 1.84. The van der Waals surface area contributed by atoms with Crippen molar-refractivity contribution in [2.24, 2.45) is 0 Å². The van der Waals surface area contributed by atoms with E-state index >= 15 is 0 Å². The zero-order valence-electron chi connectivity index (χ0n) is 9.98. The van der Waals surface area contributed by atoms with Crippen LogP contribution in [0, 0.1) is 13.8 Å². The minimum Gasteiger partial charge on any atom is -0.345 e. The van der Waals surface area contributed by atoms with E-state index < -0.39 is 0 Å². The van der Waals surface area contributed by atoms with Crippen LogP contribution >= 0.6 is 0 Å². The van der Waals surface area contributed by atoms with E-state index in [0.717, 1.165) is 17.0 Å². The molecule has 16 heavy (non-hydrogen) atoms. The number of hydrogen-bond donors (Lipinski definition) is 0. The summed E-state index contributed by atoms with van der Waals surface area (Å²) >= 11 is 0. The van der Waals surface area contributed by atoms with Gasteiger partial charge < -0.3 is 9.30 Å². The lowest BCUT2D eigenvalue weighted by atomic mass is 10.2. The van der Waals surface area contributed by atoms with Crippen molar-refractivity contribution in [3.8, 4) is 0 Å². The van der Waals surface area contributed by atoms with E-state index in [4.69, 9.17) is 0 Å². The Bertz CT molecular complexity index is 555. The molecule has 0 saturated heterocycles. The molecule has 0 unspecified atom stereocenters. The smallest absolute Gasteiger partial charge is 0.254 e. The number of fused-ring (bicyclic) bond motifs is 1. The van der Waals surface area contributed by atoms with Gasteiger partial charge in [-0.15, -0.1) is 0 Å². The summed E-state index contributed by atoms with van der Waals surface area (Å²) in [5.41, 5.74) is 3.63. The molecule has 0 radical (unpaired) electrons. The van der Waals surface area contributed by atoms with Gasteiger partial charge in [0.25, 0.3) is 5.91 Å². The van der Waals surface area contributed by atoms with Gasteiger partial charge in [0.2, 0.25) is 0 Å². The van der Waals surface area contributed by atoms with Crippen molar-refractivity contribution >= 4 is 11.6 Å². The lowest BCUT2D eigenvalue weighted by Gasteiger charge is -2.10. The molecule has 2 heterocycles. The zero-order valence-corrected chi connectivity index (χ0v) is 9.98. The first-order valence-electron chi connectivity index (χ1n) is 5.17. The van der Waals surface area contributed by atoms with Gasteiger partial charge in [0, 0.05) is 26.0 Å². The van der Waals surface area contributed by atoms with Crippen LogP contribution in [0.4, 0.5) is 0 Å². The topological polar surface area (TPSA) is 37.6 Å². The van der Waals surface area contributed by atoms with E-state index in [1.807, 2.05) is 36.6 Å². The molecule has 0 bridgehead atoms. The Hall–Kier alpha value is -1.84. The van der Waals surface area contributed by atoms with Gasteiger partial charge in [-0.3, -0.25) is 4.79 Å². The Morgan fingerprint density at radius 1 is 1.31 bits per heavy atom. The second kappa shape index (κ2) is 3.63. The maximum atomic E-state index is 11.8. The molecule has 0 aliphatic heterocycles. The minimum atomic E-state index is 0.00709. The van der Waals surface area contributed by atoms with Crippen LogP contribution in [-0.4, -0.2) is 34.3 Å². The van der Waals surface area contributed by atoms with E-state index in [9.17, 15) is 4.79 Å². The summed E-state index contributed by atoms with van der Waals surface area (Å²) in [7, 11) is 3.50. The molecule has 0 aliphatic rings. The first-order chi connectivity index (χ1) is 7.50. The van der Waals surface area contributed by atoms with E-state index in [1.54, 1.807) is 19.0 Å². The predicted molar refractivity (Wildman–Crippen MR) is 62.7 cm³/mol. The Balaban J connectivity index is 2.59. The van der Waals surface area contributed by atoms with E-state index in [2.05, 4.69) is 4.98 Å². The molecule has 0 atom stereocenters. The van der Waals surface area contributed by atoms with Gasteiger partial charge in [-0.2, -0.15) is 0 Å². The van der Waals surface area contributed by atoms with Crippen LogP contribution in [0.25, 0.3) is 5.65 Å². The number of nitrogens with zero attached hydrogens (tertiary/aromatic N) is 3. The number of pyridine rings is 1. The Kier molecular flexibility index (Phi) is 2.42. The molecule has 0 saturated carbocycles. The molecule has 4 nitrogen and oxygen atoms in total. The number of hydrogen-bond acceptors (Lipinski definition) is 2. The largest absolute Gasteiger partial charge is 0.345 e. The summed E-state index contributed by atoms with van der Waals surface area (Å²) in [6.45, 7) is 3.97. The first-order valence-corrected chi connectivity index (χ1v) is 5.17. The van der Waals surface area contributed by atoms with Crippen LogP contribution in [0.3, 0.4) is 0 Å². The third-order valence-corrected chi connectivity index (χ3v) is 2.75. The first kappa shape index (κ1) is 10.7. The number of aryl methyl sites for hydroxylation is 2. The summed E-state index contributed by atoms with van der Waals surface area (Å²) in [6, 6.07) is 3.68. The molecular formula is C12H15N3O. The zero-order chi connectivity index (χ0) is 11.9. The number of imidazole rings is 1. The Morgan fingerprint density at radius 3 is 2.62 bits per heavy atom. The van der Waals surface area contributed by atoms with Crippen LogP contribution in [0.1, 0.15) is 21.7 Å². The van der Waals surface area contributed by atoms with Crippen molar-refractivity contribution in [1.29, 1.82) is 0 Å². The maximum absolute atomic E-state index is 11.8. The van der Waals surface area contributed by atoms with Gasteiger partial charge in [-0.05, 0) is 26.0 Å². The van der Waals surface area contributed by atoms with Gasteiger partial charge in [0.05, 0.1) is 11.3 Å². The van der Waals surface area contributed by atoms with Crippen molar-refractivity contribution in [2.75, 3.05) is 14.1 Å². The van der Waals surface area contributed by atoms with Gasteiger partial charge >= 0.3 is 0 Å². The SMILES string of the molecule is Cc1nc2ccc(C(=O)N(C)C)cn2c1C. The lowest BCUT2D eigenvalue weighted by molar-refractivity contribution is 0.0827. The highest BCUT2D eigenvalue weighted by Gasteiger charge is 2.10. The highest BCUT2D eigenvalue weighted by Crippen LogP contribution is 2.13. The fourth-order valence-electron chi connectivity index (χ4n) is 1.66. The standard InChI is InChI=1S/C12H15N3O/c1-8-9(2)15-7-10(12(16)14(3)4)5-6-11(15)13-8/h5-7H,1-4H3. The summed E-state index contributed by atoms with van der Waals surface area (Å²) < 4.78 is 1.95. The fraction of sp³-hybridized carbons (Fsp3) is 0.333. The number of rotatable bonds is 1. The van der Waals surface area contributed by atoms with E-state index in [0.29, 0.717) is 5.56 Å². The third-order valence-electron chi connectivity index (χ3n) is 2.75. The van der Waals surface area contributed by atoms with E-state index in [-0.39, 0.29) is 5.91 Å². The molecule has 0 N–H and O–H groups in total. The van der Waals surface area contributed by atoms with Gasteiger partial charge in [-0.1, -0.05) is 0 Å². The van der Waals surface area contributed by atoms with Crippen LogP contribution in [0.5, 0.6) is 0 Å². The summed E-state index contributed by atoms with van der Waals surface area (Å²) in [5.74, 6) is 0.00709. The molecule has 2 aromatic rings. The molecular weight excluding hydrogens is 202 g/mol. The number of aromatic nitrogens is 2. The monoisotopic (exact) mass is 217 g/mol. The van der Waals surface area contributed by atoms with Crippen LogP contribution in [-0.2, 0) is 0 Å². The molecule has 0 fully saturated rings. The molecule has 1 amide bonds. The second-order valence-electron chi connectivity index (χ2n) is 4.13. The minimum absolute atomic E-state index is 0.00709. The van der Waals surface area contributed by atoms with Gasteiger partial charge in [0.1, 0.15) is 5.65 Å². The molecule has 0 spiro atoms. The van der Waals surface area contributed by atoms with Crippen LogP contribution < -0.4 is 0 Å². The van der Waals surface area contributed by atoms with Crippen molar-refractivity contribution in [3.63, 3.8) is 0 Å². The summed E-state index contributed by atoms with van der Waals surface area (Å²) in [5, 5.41) is 0. The van der Waals surface area contributed by atoms with Crippen molar-refractivity contribution < 1.29 is 4.79 Å². The number of amides is 1. The fourth-order valence-corrected chi connectivity index (χ4v) is 1.66. The average Bonchev–Trinajstić information content (AvgIpc) is 2.53. The normalized spacial score (nSPS) is 10.8. The second-order valence-corrected chi connectivity index (χ2v) is 4.13. The predicted octanol–water partition coefficient (Wildman–Crippen LogP) is 1.65. The van der Waals surface area contributed by atoms with Gasteiger partial charge in [0.15, 0.2) is 0 Å². The van der Waals surface area contributed by atoms with Crippen LogP contribution in [0.15, 0.2) is 18.3 Å². The van der Waals surface area contributed by atoms with E-state index in [1.165, 1.54) is 0 Å². The molecule has 4 heteroatoms. The number of carbonyl (C=O) groups excluding carboxylic acids is 1. The van der Waals surface area contributed by atoms with Crippen molar-refractivity contribution in [2.45, 2.75) is 13.8 Å². The van der Waals surface area contributed by atoms with Crippen molar-refractivity contribution in [3.05, 3.63) is 35.3 Å². The average molecular weight is 217 g/mol. The van der Waals surface area contributed by atoms with Crippen molar-refractivity contribution in [1.82, 2.24) is 14.3 Å². The third kappa shape index (κ3) is 1.56.